The number of hydrogen-bond acceptors (Lipinski definition) is 8. The van der Waals surface area contributed by atoms with Crippen molar-refractivity contribution in [1.29, 1.82) is 0 Å². The number of para-hydroxylation sites is 1. The van der Waals surface area contributed by atoms with Gasteiger partial charge in [0.2, 0.25) is 5.95 Å². The molecule has 0 radical (unpaired) electrons. The average Bonchev–Trinajstić information content (AvgIpc) is 2.69. The van der Waals surface area contributed by atoms with E-state index >= 15 is 0 Å². The standard InChI is InChI=1S/C20H22N6O2/c1-4-28-19(27)16-7-5-6-8-17(16)23-20-24-18(13-21-25-20)22-14-9-11-15(12-10-14)26(2)3/h5-13H,4H2,1-3H3,(H2,22,23,24,25). The Morgan fingerprint density at radius 3 is 2.54 bits per heavy atom. The van der Waals surface area contributed by atoms with Gasteiger partial charge in [0.15, 0.2) is 5.82 Å². The van der Waals surface area contributed by atoms with E-state index in [0.717, 1.165) is 11.4 Å². The minimum atomic E-state index is -0.408. The Hall–Kier alpha value is -3.68. The van der Waals surface area contributed by atoms with Gasteiger partial charge in [0.25, 0.3) is 0 Å². The summed E-state index contributed by atoms with van der Waals surface area (Å²) in [5.74, 6) is 0.393. The Labute approximate surface area is 163 Å². The number of hydrogen-bond donors (Lipinski definition) is 2. The summed E-state index contributed by atoms with van der Waals surface area (Å²) in [6.07, 6.45) is 1.53. The van der Waals surface area contributed by atoms with Gasteiger partial charge in [0.1, 0.15) is 0 Å². The molecule has 1 aromatic heterocycles. The first-order chi connectivity index (χ1) is 13.6. The molecule has 0 aliphatic heterocycles. The molecule has 2 aromatic carbocycles. The monoisotopic (exact) mass is 378 g/mol. The fourth-order valence-electron chi connectivity index (χ4n) is 2.51. The lowest BCUT2D eigenvalue weighted by molar-refractivity contribution is 0.0527. The maximum Gasteiger partial charge on any atom is 0.340 e. The number of anilines is 5. The summed E-state index contributed by atoms with van der Waals surface area (Å²) in [6.45, 7) is 2.07. The molecular formula is C20H22N6O2. The van der Waals surface area contributed by atoms with Gasteiger partial charge in [-0.15, -0.1) is 5.10 Å². The maximum absolute atomic E-state index is 12.1. The summed E-state index contributed by atoms with van der Waals surface area (Å²) in [5, 5.41) is 14.2. The Bertz CT molecular complexity index is 943. The molecule has 1 heterocycles. The third-order valence-corrected chi connectivity index (χ3v) is 3.88. The molecule has 8 heteroatoms. The highest BCUT2D eigenvalue weighted by atomic mass is 16.5. The fourth-order valence-corrected chi connectivity index (χ4v) is 2.51. The van der Waals surface area contributed by atoms with Crippen molar-refractivity contribution in [3.05, 3.63) is 60.3 Å². The van der Waals surface area contributed by atoms with E-state index < -0.39 is 5.97 Å². The lowest BCUT2D eigenvalue weighted by atomic mass is 10.2. The van der Waals surface area contributed by atoms with Crippen LogP contribution in [-0.2, 0) is 4.74 Å². The SMILES string of the molecule is CCOC(=O)c1ccccc1Nc1nncc(Nc2ccc(N(C)C)cc2)n1. The van der Waals surface area contributed by atoms with Crippen molar-refractivity contribution < 1.29 is 9.53 Å². The van der Waals surface area contributed by atoms with Crippen LogP contribution in [0.1, 0.15) is 17.3 Å². The van der Waals surface area contributed by atoms with E-state index in [2.05, 4.69) is 25.8 Å². The maximum atomic E-state index is 12.1. The molecule has 0 spiro atoms. The van der Waals surface area contributed by atoms with Crippen molar-refractivity contribution in [3.8, 4) is 0 Å². The Morgan fingerprint density at radius 2 is 1.82 bits per heavy atom. The molecular weight excluding hydrogens is 356 g/mol. The van der Waals surface area contributed by atoms with Crippen LogP contribution < -0.4 is 15.5 Å². The Morgan fingerprint density at radius 1 is 1.07 bits per heavy atom. The van der Waals surface area contributed by atoms with E-state index in [-0.39, 0.29) is 5.95 Å². The van der Waals surface area contributed by atoms with E-state index in [4.69, 9.17) is 4.74 Å². The van der Waals surface area contributed by atoms with Gasteiger partial charge >= 0.3 is 5.97 Å². The summed E-state index contributed by atoms with van der Waals surface area (Å²) in [6, 6.07) is 15.0. The predicted octanol–water partition coefficient (Wildman–Crippen LogP) is 3.60. The number of nitrogens with one attached hydrogen (secondary N) is 2. The minimum absolute atomic E-state index is 0.270. The molecule has 0 atom stereocenters. The van der Waals surface area contributed by atoms with E-state index in [1.807, 2.05) is 49.3 Å². The number of ether oxygens (including phenoxy) is 1. The van der Waals surface area contributed by atoms with Gasteiger partial charge in [-0.3, -0.25) is 0 Å². The second-order valence-corrected chi connectivity index (χ2v) is 6.12. The summed E-state index contributed by atoms with van der Waals surface area (Å²) in [5.41, 5.74) is 2.94. The van der Waals surface area contributed by atoms with E-state index in [9.17, 15) is 4.79 Å². The summed E-state index contributed by atoms with van der Waals surface area (Å²) in [7, 11) is 3.98. The quantitative estimate of drug-likeness (QED) is 0.603. The van der Waals surface area contributed by atoms with Crippen LogP contribution in [0.4, 0.5) is 28.8 Å². The molecule has 0 aliphatic carbocycles. The van der Waals surface area contributed by atoms with Crippen molar-refractivity contribution in [2.24, 2.45) is 0 Å². The zero-order valence-corrected chi connectivity index (χ0v) is 16.0. The van der Waals surface area contributed by atoms with Crippen molar-refractivity contribution in [3.63, 3.8) is 0 Å². The molecule has 0 saturated carbocycles. The number of esters is 1. The summed E-state index contributed by atoms with van der Waals surface area (Å²) in [4.78, 5) is 18.5. The normalized spacial score (nSPS) is 10.2. The molecule has 0 aliphatic rings. The minimum Gasteiger partial charge on any atom is -0.462 e. The first-order valence-electron chi connectivity index (χ1n) is 8.84. The zero-order chi connectivity index (χ0) is 19.9. The molecule has 8 nitrogen and oxygen atoms in total. The van der Waals surface area contributed by atoms with E-state index in [1.165, 1.54) is 6.20 Å². The molecule has 144 valence electrons. The van der Waals surface area contributed by atoms with Gasteiger partial charge in [-0.1, -0.05) is 12.1 Å². The highest BCUT2D eigenvalue weighted by molar-refractivity contribution is 5.96. The number of carbonyl (C=O) groups is 1. The Kier molecular flexibility index (Phi) is 6.01. The summed E-state index contributed by atoms with van der Waals surface area (Å²) < 4.78 is 5.08. The molecule has 3 aromatic rings. The first kappa shape index (κ1) is 19.1. The van der Waals surface area contributed by atoms with Crippen LogP contribution in [0.15, 0.2) is 54.7 Å². The van der Waals surface area contributed by atoms with Crippen LogP contribution in [0.25, 0.3) is 0 Å². The predicted molar refractivity (Wildman–Crippen MR) is 110 cm³/mol. The first-order valence-corrected chi connectivity index (χ1v) is 8.84. The van der Waals surface area contributed by atoms with Gasteiger partial charge in [-0.25, -0.2) is 4.79 Å². The number of benzene rings is 2. The molecule has 28 heavy (non-hydrogen) atoms. The fraction of sp³-hybridized carbons (Fsp3) is 0.200. The molecule has 0 saturated heterocycles. The number of rotatable bonds is 7. The lowest BCUT2D eigenvalue weighted by Gasteiger charge is -2.13. The highest BCUT2D eigenvalue weighted by Crippen LogP contribution is 2.22. The zero-order valence-electron chi connectivity index (χ0n) is 16.0. The van der Waals surface area contributed by atoms with Gasteiger partial charge < -0.3 is 20.3 Å². The number of nitrogens with zero attached hydrogens (tertiary/aromatic N) is 4. The van der Waals surface area contributed by atoms with Crippen LogP contribution in [0, 0.1) is 0 Å². The largest absolute Gasteiger partial charge is 0.462 e. The van der Waals surface area contributed by atoms with Crippen LogP contribution in [0.5, 0.6) is 0 Å². The van der Waals surface area contributed by atoms with Crippen LogP contribution >= 0.6 is 0 Å². The third-order valence-electron chi connectivity index (χ3n) is 3.88. The second-order valence-electron chi connectivity index (χ2n) is 6.12. The average molecular weight is 378 g/mol. The molecule has 0 fully saturated rings. The third kappa shape index (κ3) is 4.73. The van der Waals surface area contributed by atoms with Crippen molar-refractivity contribution in [1.82, 2.24) is 15.2 Å². The summed E-state index contributed by atoms with van der Waals surface area (Å²) >= 11 is 0. The van der Waals surface area contributed by atoms with Crippen LogP contribution in [0.2, 0.25) is 0 Å². The molecule has 2 N–H and O–H groups in total. The van der Waals surface area contributed by atoms with Crippen molar-refractivity contribution in [2.75, 3.05) is 36.2 Å². The molecule has 3 rings (SSSR count). The number of aromatic nitrogens is 3. The molecule has 0 amide bonds. The van der Waals surface area contributed by atoms with E-state index in [1.54, 1.807) is 25.1 Å². The van der Waals surface area contributed by atoms with Crippen LogP contribution in [0.3, 0.4) is 0 Å². The smallest absolute Gasteiger partial charge is 0.340 e. The van der Waals surface area contributed by atoms with Gasteiger partial charge in [-0.05, 0) is 43.3 Å². The lowest BCUT2D eigenvalue weighted by Crippen LogP contribution is -2.09. The Balaban J connectivity index is 1.76. The molecule has 0 unspecified atom stereocenters. The van der Waals surface area contributed by atoms with Gasteiger partial charge in [0.05, 0.1) is 24.1 Å². The molecule has 0 bridgehead atoms. The van der Waals surface area contributed by atoms with Crippen LogP contribution in [-0.4, -0.2) is 41.9 Å². The second kappa shape index (κ2) is 8.81. The van der Waals surface area contributed by atoms with Crippen molar-refractivity contribution >= 4 is 34.8 Å². The number of carbonyl (C=O) groups excluding carboxylic acids is 1. The van der Waals surface area contributed by atoms with Gasteiger partial charge in [0, 0.05) is 25.5 Å². The van der Waals surface area contributed by atoms with E-state index in [0.29, 0.717) is 23.7 Å². The van der Waals surface area contributed by atoms with Gasteiger partial charge in [-0.2, -0.15) is 10.1 Å². The van der Waals surface area contributed by atoms with Crippen molar-refractivity contribution in [2.45, 2.75) is 6.92 Å². The highest BCUT2D eigenvalue weighted by Gasteiger charge is 2.13. The topological polar surface area (TPSA) is 92.3 Å².